The smallest absolute Gasteiger partial charge is 0.308 e. The number of nitrogens with zero attached hydrogens (tertiary/aromatic N) is 1. The molecule has 0 atom stereocenters. The summed E-state index contributed by atoms with van der Waals surface area (Å²) in [6.45, 7) is -1.22. The summed E-state index contributed by atoms with van der Waals surface area (Å²) in [6, 6.07) is 0. The van der Waals surface area contributed by atoms with Gasteiger partial charge in [0.2, 0.25) is 0 Å². The van der Waals surface area contributed by atoms with Crippen molar-refractivity contribution in [2.75, 3.05) is 13.5 Å². The van der Waals surface area contributed by atoms with Crippen molar-refractivity contribution in [3.05, 3.63) is 10.1 Å². The standard InChI is InChI=1S/C2H5NO4/c4-2-7-1-3(5)6/h4H,1-2H2. The second-order valence-corrected chi connectivity index (χ2v) is 0.795. The van der Waals surface area contributed by atoms with Crippen LogP contribution in [0.2, 0.25) is 0 Å². The molecule has 42 valence electrons. The van der Waals surface area contributed by atoms with E-state index in [1.165, 1.54) is 0 Å². The molecule has 0 spiro atoms. The van der Waals surface area contributed by atoms with Crippen LogP contribution in [0.15, 0.2) is 0 Å². The Labute approximate surface area is 39.7 Å². The fourth-order valence-corrected chi connectivity index (χ4v) is 0.115. The van der Waals surface area contributed by atoms with Crippen molar-refractivity contribution >= 4 is 0 Å². The van der Waals surface area contributed by atoms with E-state index in [1.54, 1.807) is 0 Å². The molecule has 7 heavy (non-hydrogen) atoms. The molecule has 0 rings (SSSR count). The van der Waals surface area contributed by atoms with Crippen LogP contribution in [0.25, 0.3) is 0 Å². The summed E-state index contributed by atoms with van der Waals surface area (Å²) < 4.78 is 3.95. The predicted molar refractivity (Wildman–Crippen MR) is 20.0 cm³/mol. The van der Waals surface area contributed by atoms with Crippen LogP contribution < -0.4 is 0 Å². The highest BCUT2D eigenvalue weighted by Crippen LogP contribution is 1.68. The molecule has 0 amide bonds. The molecule has 0 aromatic heterocycles. The number of rotatable bonds is 3. The van der Waals surface area contributed by atoms with E-state index in [9.17, 15) is 10.1 Å². The minimum absolute atomic E-state index is 0.596. The van der Waals surface area contributed by atoms with Gasteiger partial charge in [0.1, 0.15) is 0 Å². The van der Waals surface area contributed by atoms with Crippen LogP contribution in [0.4, 0.5) is 0 Å². The molecule has 5 heteroatoms. The van der Waals surface area contributed by atoms with E-state index in [4.69, 9.17) is 5.11 Å². The summed E-state index contributed by atoms with van der Waals surface area (Å²) in [4.78, 5) is 8.66. The maximum Gasteiger partial charge on any atom is 0.308 e. The van der Waals surface area contributed by atoms with Crippen molar-refractivity contribution in [1.29, 1.82) is 0 Å². The number of nitro groups is 1. The second-order valence-electron chi connectivity index (χ2n) is 0.795. The Bertz CT molecular complexity index is 62.7. The van der Waals surface area contributed by atoms with Gasteiger partial charge in [-0.15, -0.1) is 0 Å². The lowest BCUT2D eigenvalue weighted by Gasteiger charge is -1.87. The fraction of sp³-hybridized carbons (Fsp3) is 1.00. The first kappa shape index (κ1) is 6.32. The number of ether oxygens (including phenoxy) is 1. The Balaban J connectivity index is 2.82. The largest absolute Gasteiger partial charge is 0.370 e. The van der Waals surface area contributed by atoms with Gasteiger partial charge in [-0.05, 0) is 0 Å². The van der Waals surface area contributed by atoms with Crippen molar-refractivity contribution in [2.24, 2.45) is 0 Å². The molecule has 0 aliphatic rings. The monoisotopic (exact) mass is 107 g/mol. The molecule has 0 saturated carbocycles. The Hall–Kier alpha value is -0.680. The first-order chi connectivity index (χ1) is 3.27. The summed E-state index contributed by atoms with van der Waals surface area (Å²) in [6.07, 6.45) is 0. The van der Waals surface area contributed by atoms with Crippen LogP contribution in [-0.2, 0) is 4.74 Å². The van der Waals surface area contributed by atoms with Crippen LogP contribution in [0.1, 0.15) is 0 Å². The van der Waals surface area contributed by atoms with Crippen molar-refractivity contribution in [3.63, 3.8) is 0 Å². The zero-order valence-electron chi connectivity index (χ0n) is 3.53. The fourth-order valence-electron chi connectivity index (χ4n) is 0.115. The highest BCUT2D eigenvalue weighted by atomic mass is 16.7. The Morgan fingerprint density at radius 3 is 2.57 bits per heavy atom. The maximum absolute atomic E-state index is 9.33. The lowest BCUT2D eigenvalue weighted by atomic mass is 11.3. The number of aliphatic hydroxyl groups excluding tert-OH is 1. The van der Waals surface area contributed by atoms with E-state index < -0.39 is 18.4 Å². The van der Waals surface area contributed by atoms with Crippen LogP contribution >= 0.6 is 0 Å². The molecule has 0 bridgehead atoms. The van der Waals surface area contributed by atoms with Crippen molar-refractivity contribution in [1.82, 2.24) is 0 Å². The molecule has 0 aromatic carbocycles. The summed E-state index contributed by atoms with van der Waals surface area (Å²) in [7, 11) is 0. The summed E-state index contributed by atoms with van der Waals surface area (Å²) >= 11 is 0. The average molecular weight is 107 g/mol. The van der Waals surface area contributed by atoms with Gasteiger partial charge in [0.05, 0.1) is 0 Å². The maximum atomic E-state index is 9.33. The first-order valence-corrected chi connectivity index (χ1v) is 1.57. The zero-order chi connectivity index (χ0) is 5.70. The molecule has 0 aliphatic heterocycles. The van der Waals surface area contributed by atoms with Crippen LogP contribution in [0, 0.1) is 10.1 Å². The SMILES string of the molecule is O=[N+]([O-])COCO. The van der Waals surface area contributed by atoms with Gasteiger partial charge in [-0.2, -0.15) is 0 Å². The normalized spacial score (nSPS) is 8.71. The summed E-state index contributed by atoms with van der Waals surface area (Å²) in [5.74, 6) is 0. The van der Waals surface area contributed by atoms with Crippen molar-refractivity contribution in [2.45, 2.75) is 0 Å². The topological polar surface area (TPSA) is 72.6 Å². The number of aliphatic hydroxyl groups is 1. The van der Waals surface area contributed by atoms with Gasteiger partial charge in [0.15, 0.2) is 6.79 Å². The molecule has 0 saturated heterocycles. The Morgan fingerprint density at radius 1 is 1.86 bits per heavy atom. The highest BCUT2D eigenvalue weighted by molar-refractivity contribution is 4.01. The minimum atomic E-state index is -0.670. The first-order valence-electron chi connectivity index (χ1n) is 1.57. The highest BCUT2D eigenvalue weighted by Gasteiger charge is 1.89. The van der Waals surface area contributed by atoms with E-state index in [1.807, 2.05) is 0 Å². The molecule has 0 heterocycles. The van der Waals surface area contributed by atoms with Crippen LogP contribution in [0.3, 0.4) is 0 Å². The molecular formula is C2H5NO4. The third-order valence-electron chi connectivity index (χ3n) is 0.288. The molecule has 0 unspecified atom stereocenters. The average Bonchev–Trinajstić information content (AvgIpc) is 1.61. The predicted octanol–water partition coefficient (Wildman–Crippen LogP) is -0.813. The molecule has 0 radical (unpaired) electrons. The Morgan fingerprint density at radius 2 is 2.43 bits per heavy atom. The van der Waals surface area contributed by atoms with Gasteiger partial charge >= 0.3 is 6.73 Å². The number of hydrogen-bond donors (Lipinski definition) is 1. The van der Waals surface area contributed by atoms with Gasteiger partial charge in [0, 0.05) is 4.92 Å². The number of hydrogen-bond acceptors (Lipinski definition) is 4. The lowest BCUT2D eigenvalue weighted by Crippen LogP contribution is -2.05. The molecule has 1 N–H and O–H groups in total. The molecule has 0 fully saturated rings. The van der Waals surface area contributed by atoms with Gasteiger partial charge < -0.3 is 5.11 Å². The van der Waals surface area contributed by atoms with Gasteiger partial charge in [0.25, 0.3) is 0 Å². The van der Waals surface area contributed by atoms with E-state index in [-0.39, 0.29) is 0 Å². The van der Waals surface area contributed by atoms with E-state index in [0.29, 0.717) is 0 Å². The summed E-state index contributed by atoms with van der Waals surface area (Å²) in [5, 5.41) is 17.1. The second kappa shape index (κ2) is 3.51. The van der Waals surface area contributed by atoms with Gasteiger partial charge in [-0.25, -0.2) is 0 Å². The Kier molecular flexibility index (Phi) is 3.17. The molecule has 5 nitrogen and oxygen atoms in total. The van der Waals surface area contributed by atoms with Crippen molar-refractivity contribution < 1.29 is 14.8 Å². The third kappa shape index (κ3) is 5.32. The van der Waals surface area contributed by atoms with Crippen LogP contribution in [-0.4, -0.2) is 23.6 Å². The molecular weight excluding hydrogens is 102 g/mol. The van der Waals surface area contributed by atoms with E-state index in [2.05, 4.69) is 4.74 Å². The molecule has 0 aromatic rings. The van der Waals surface area contributed by atoms with E-state index in [0.717, 1.165) is 0 Å². The zero-order valence-corrected chi connectivity index (χ0v) is 3.53. The lowest BCUT2D eigenvalue weighted by molar-refractivity contribution is -0.530. The van der Waals surface area contributed by atoms with E-state index >= 15 is 0 Å². The van der Waals surface area contributed by atoms with Gasteiger partial charge in [-0.3, -0.25) is 14.9 Å². The van der Waals surface area contributed by atoms with Crippen molar-refractivity contribution in [3.8, 4) is 0 Å². The minimum Gasteiger partial charge on any atom is -0.370 e. The summed E-state index contributed by atoms with van der Waals surface area (Å²) in [5.41, 5.74) is 0. The van der Waals surface area contributed by atoms with Gasteiger partial charge in [-0.1, -0.05) is 0 Å². The quantitative estimate of drug-likeness (QED) is 0.290. The third-order valence-corrected chi connectivity index (χ3v) is 0.288. The molecule has 0 aliphatic carbocycles. The van der Waals surface area contributed by atoms with Crippen LogP contribution in [0.5, 0.6) is 0 Å².